The molecule has 0 radical (unpaired) electrons. The molecule has 0 saturated carbocycles. The molecule has 2 aromatic heterocycles. The smallest absolute Gasteiger partial charge is 0.379 e. The van der Waals surface area contributed by atoms with Crippen LogP contribution in [0.1, 0.15) is 94.2 Å². The van der Waals surface area contributed by atoms with Gasteiger partial charge in [-0.15, -0.1) is 0 Å². The van der Waals surface area contributed by atoms with E-state index in [-0.39, 0.29) is 105 Å². The molecule has 0 aromatic carbocycles. The number of anilines is 2. The van der Waals surface area contributed by atoms with Crippen molar-refractivity contribution in [2.24, 2.45) is 30.0 Å². The Labute approximate surface area is 321 Å². The fourth-order valence-electron chi connectivity index (χ4n) is 5.18. The van der Waals surface area contributed by atoms with Crippen molar-refractivity contribution >= 4 is 46.1 Å². The Hall–Kier alpha value is -5.90. The number of hydrogen-bond acceptors (Lipinski definition) is 13. The number of amidine groups is 2. The number of hydrogen-bond donors (Lipinski definition) is 4. The van der Waals surface area contributed by atoms with Gasteiger partial charge in [-0.3, -0.25) is 9.98 Å². The standard InChI is InChI=1S/C36H40N16.Zn/c1-33(2,3)49-21-17(13-37)25-41-29(21)45-26-18(14-38)22(50-34(4,5)6)31(42-26)47-28-20(16-40)24(52-36(10,11)12)32(44-28)48-27-19(15-39)23(30(43-27)46-25)51-35(7,8)9;/h49-50H,1-12H3,(H2-,42,43,44,45,46,47,48);/q-2;+2. The van der Waals surface area contributed by atoms with Gasteiger partial charge >= 0.3 is 19.5 Å². The van der Waals surface area contributed by atoms with E-state index in [0.717, 1.165) is 0 Å². The Bertz CT molecular complexity index is 2370. The number of nitriles is 4. The molecule has 4 N–H and O–H groups in total. The molecule has 3 aliphatic rings. The Balaban J connectivity index is 0.00000627. The van der Waals surface area contributed by atoms with Crippen LogP contribution in [0.5, 0.6) is 0 Å². The van der Waals surface area contributed by atoms with E-state index in [1.165, 1.54) is 0 Å². The van der Waals surface area contributed by atoms with Gasteiger partial charge in [0, 0.05) is 34.4 Å². The Morgan fingerprint density at radius 1 is 0.623 bits per heavy atom. The summed E-state index contributed by atoms with van der Waals surface area (Å²) < 4.78 is 0. The van der Waals surface area contributed by atoms with Gasteiger partial charge in [0.1, 0.15) is 41.1 Å². The minimum atomic E-state index is -0.665. The van der Waals surface area contributed by atoms with Crippen LogP contribution in [-0.4, -0.2) is 50.2 Å². The summed E-state index contributed by atoms with van der Waals surface area (Å²) in [6, 6.07) is 8.82. The maximum atomic E-state index is 10.5. The molecule has 266 valence electrons. The maximum absolute atomic E-state index is 10.5. The fourth-order valence-corrected chi connectivity index (χ4v) is 5.18. The Morgan fingerprint density at radius 2 is 1.19 bits per heavy atom. The molecule has 0 aliphatic carbocycles. The molecule has 2 aromatic rings. The van der Waals surface area contributed by atoms with E-state index in [9.17, 15) is 21.0 Å². The van der Waals surface area contributed by atoms with Crippen LogP contribution in [0.25, 0.3) is 5.32 Å². The summed E-state index contributed by atoms with van der Waals surface area (Å²) >= 11 is 0. The molecule has 53 heavy (non-hydrogen) atoms. The van der Waals surface area contributed by atoms with Gasteiger partial charge in [-0.25, -0.2) is 0 Å². The third-order valence-corrected chi connectivity index (χ3v) is 6.90. The van der Waals surface area contributed by atoms with Gasteiger partial charge in [-0.1, -0.05) is 0 Å². The normalized spacial score (nSPS) is 17.2. The number of aromatic nitrogens is 2. The summed E-state index contributed by atoms with van der Waals surface area (Å²) in [6.45, 7) is 22.7. The van der Waals surface area contributed by atoms with E-state index in [1.807, 2.05) is 83.1 Å². The van der Waals surface area contributed by atoms with Crippen molar-refractivity contribution in [3.8, 4) is 24.3 Å². The van der Waals surface area contributed by atoms with Crippen molar-refractivity contribution in [1.82, 2.24) is 15.3 Å². The topological polar surface area (TPSA) is 249 Å². The predicted molar refractivity (Wildman–Crippen MR) is 199 cm³/mol. The van der Waals surface area contributed by atoms with Gasteiger partial charge in [-0.2, -0.15) is 21.0 Å². The predicted octanol–water partition coefficient (Wildman–Crippen LogP) is 5.09. The first-order valence-electron chi connectivity index (χ1n) is 16.5. The number of aromatic amines is 1. The largest absolute Gasteiger partial charge is 2.00 e. The van der Waals surface area contributed by atoms with Crippen molar-refractivity contribution in [2.45, 2.75) is 105 Å². The monoisotopic (exact) mass is 760 g/mol. The van der Waals surface area contributed by atoms with Gasteiger partial charge in [0.15, 0.2) is 0 Å². The minimum absolute atomic E-state index is 0. The van der Waals surface area contributed by atoms with E-state index in [0.29, 0.717) is 5.69 Å². The van der Waals surface area contributed by atoms with Gasteiger partial charge in [0.05, 0.1) is 61.9 Å². The van der Waals surface area contributed by atoms with Crippen LogP contribution in [-0.2, 0) is 19.5 Å². The Kier molecular flexibility index (Phi) is 10.5. The summed E-state index contributed by atoms with van der Waals surface area (Å²) in [4.78, 5) is 36.4. The van der Waals surface area contributed by atoms with E-state index < -0.39 is 22.2 Å². The summed E-state index contributed by atoms with van der Waals surface area (Å²) in [5.74, 6) is 0.248. The van der Waals surface area contributed by atoms with Crippen molar-refractivity contribution in [3.05, 3.63) is 50.2 Å². The Morgan fingerprint density at radius 3 is 1.72 bits per heavy atom. The van der Waals surface area contributed by atoms with Crippen LogP contribution in [0, 0.1) is 45.3 Å². The number of nitrogens with one attached hydrogen (secondary N) is 4. The molecule has 0 spiro atoms. The molecule has 3 aliphatic heterocycles. The third-order valence-electron chi connectivity index (χ3n) is 6.90. The summed E-state index contributed by atoms with van der Waals surface area (Å²) in [6.07, 6.45) is 0. The molecule has 0 unspecified atom stereocenters. The zero-order chi connectivity index (χ0) is 38.6. The van der Waals surface area contributed by atoms with Gasteiger partial charge in [0.25, 0.3) is 0 Å². The molecule has 0 fully saturated rings. The summed E-state index contributed by atoms with van der Waals surface area (Å²) in [7, 11) is 0. The van der Waals surface area contributed by atoms with Gasteiger partial charge in [-0.05, 0) is 83.1 Å². The third kappa shape index (κ3) is 8.60. The second-order valence-electron chi connectivity index (χ2n) is 16.3. The van der Waals surface area contributed by atoms with Crippen LogP contribution in [0.15, 0.2) is 52.7 Å². The second-order valence-corrected chi connectivity index (χ2v) is 16.3. The number of nitrogens with zero attached hydrogens (tertiary/aromatic N) is 12. The molecule has 0 atom stereocenters. The first-order chi connectivity index (χ1) is 24.0. The van der Waals surface area contributed by atoms with E-state index in [2.05, 4.69) is 55.5 Å². The van der Waals surface area contributed by atoms with Crippen LogP contribution in [0.4, 0.5) is 23.0 Å². The maximum Gasteiger partial charge on any atom is 2.00 e. The average Bonchev–Trinajstić information content (AvgIpc) is 3.67. The van der Waals surface area contributed by atoms with Crippen molar-refractivity contribution in [2.75, 3.05) is 10.6 Å². The molecule has 17 heteroatoms. The van der Waals surface area contributed by atoms with Crippen LogP contribution in [0.3, 0.4) is 0 Å². The van der Waals surface area contributed by atoms with Crippen LogP contribution < -0.4 is 31.9 Å². The molecule has 0 amide bonds. The van der Waals surface area contributed by atoms with Gasteiger partial charge in [0.2, 0.25) is 0 Å². The van der Waals surface area contributed by atoms with Crippen LogP contribution in [0.2, 0.25) is 0 Å². The minimum Gasteiger partial charge on any atom is -0.379 e. The molecular weight excluding hydrogens is 722 g/mol. The van der Waals surface area contributed by atoms with Crippen molar-refractivity contribution in [1.29, 1.82) is 21.0 Å². The second kappa shape index (κ2) is 13.9. The SMILES string of the molecule is CC(C)(C)N=C1C2=NC3=C(C#N)C(=NC(C)(C)C)C(=Nc4[n-]c(c(NC(C)(C)C)c4C#N)N=c4[nH]c(c(NC(C)(C)C)c4C#N)=NC(=C1C#N)[N-]2)N3.[Zn+2]. The molecule has 8 bridgehead atoms. The molecule has 5 rings (SSSR count). The zero-order valence-corrected chi connectivity index (χ0v) is 35.0. The quantitative estimate of drug-likeness (QED) is 0.299. The number of aliphatic imine (C=N–C) groups is 4. The first-order valence-corrected chi connectivity index (χ1v) is 16.5. The van der Waals surface area contributed by atoms with Crippen LogP contribution >= 0.6 is 0 Å². The number of H-pyrrole nitrogens is 1. The van der Waals surface area contributed by atoms with E-state index in [1.54, 1.807) is 0 Å². The van der Waals surface area contributed by atoms with Gasteiger partial charge < -0.3 is 51.2 Å². The van der Waals surface area contributed by atoms with E-state index in [4.69, 9.17) is 30.0 Å². The summed E-state index contributed by atoms with van der Waals surface area (Å²) in [5, 5.41) is 56.3. The number of fused-ring (bicyclic) bond motifs is 8. The fraction of sp³-hybridized carbons (Fsp3) is 0.444. The number of rotatable bonds is 2. The zero-order valence-electron chi connectivity index (χ0n) is 32.1. The molecule has 0 saturated heterocycles. The molecule has 16 nitrogen and oxygen atoms in total. The van der Waals surface area contributed by atoms with Crippen molar-refractivity contribution < 1.29 is 19.5 Å². The van der Waals surface area contributed by atoms with Crippen molar-refractivity contribution in [3.63, 3.8) is 0 Å². The average molecular weight is 762 g/mol. The summed E-state index contributed by atoms with van der Waals surface area (Å²) in [5.41, 5.74) is -0.886. The molecular formula is C36H40N16Zn. The first kappa shape index (κ1) is 39.9. The van der Waals surface area contributed by atoms with E-state index >= 15 is 0 Å². The molecule has 5 heterocycles.